The molecule has 3 atom stereocenters. The highest BCUT2D eigenvalue weighted by atomic mass is 16.6. The van der Waals surface area contributed by atoms with Crippen LogP contribution in [0.25, 0.3) is 0 Å². The van der Waals surface area contributed by atoms with Gasteiger partial charge in [-0.15, -0.1) is 0 Å². The van der Waals surface area contributed by atoms with Crippen LogP contribution in [0.1, 0.15) is 33.6 Å². The minimum atomic E-state index is -0.749. The smallest absolute Gasteiger partial charge is 0.407 e. The molecule has 6 heteroatoms. The van der Waals surface area contributed by atoms with Crippen molar-refractivity contribution in [1.29, 1.82) is 0 Å². The number of ether oxygens (including phenoxy) is 2. The highest BCUT2D eigenvalue weighted by Crippen LogP contribution is 2.27. The molecule has 0 heterocycles. The number of hydrogen-bond donors (Lipinski definition) is 2. The zero-order valence-electron chi connectivity index (χ0n) is 11.2. The third-order valence-electron chi connectivity index (χ3n) is 2.77. The Morgan fingerprint density at radius 3 is 2.39 bits per heavy atom. The molecular weight excluding hydrogens is 238 g/mol. The first-order chi connectivity index (χ1) is 8.23. The van der Waals surface area contributed by atoms with E-state index in [1.807, 2.05) is 0 Å². The van der Waals surface area contributed by atoms with E-state index < -0.39 is 23.8 Å². The lowest BCUT2D eigenvalue weighted by Gasteiger charge is -2.22. The minimum absolute atomic E-state index is 0.299. The molecule has 0 radical (unpaired) electrons. The molecule has 1 fully saturated rings. The molecule has 2 N–H and O–H groups in total. The largest absolute Gasteiger partial charge is 0.469 e. The van der Waals surface area contributed by atoms with Gasteiger partial charge in [0.1, 0.15) is 5.60 Å². The Balaban J connectivity index is 2.49. The molecule has 0 unspecified atom stereocenters. The highest BCUT2D eigenvalue weighted by molar-refractivity contribution is 5.73. The zero-order valence-corrected chi connectivity index (χ0v) is 11.2. The van der Waals surface area contributed by atoms with E-state index in [4.69, 9.17) is 4.74 Å². The second kappa shape index (κ2) is 5.56. The summed E-state index contributed by atoms with van der Waals surface area (Å²) in [5.74, 6) is -0.729. The first-order valence-corrected chi connectivity index (χ1v) is 5.98. The van der Waals surface area contributed by atoms with E-state index in [0.717, 1.165) is 0 Å². The normalized spacial score (nSPS) is 27.7. The fourth-order valence-electron chi connectivity index (χ4n) is 1.99. The van der Waals surface area contributed by atoms with Crippen molar-refractivity contribution in [3.05, 3.63) is 0 Å². The maximum Gasteiger partial charge on any atom is 0.407 e. The Bertz CT molecular complexity index is 323. The van der Waals surface area contributed by atoms with E-state index in [0.29, 0.717) is 12.8 Å². The summed E-state index contributed by atoms with van der Waals surface area (Å²) in [7, 11) is 1.31. The fraction of sp³-hybridized carbons (Fsp3) is 0.833. The minimum Gasteiger partial charge on any atom is -0.469 e. The summed E-state index contributed by atoms with van der Waals surface area (Å²) >= 11 is 0. The summed E-state index contributed by atoms with van der Waals surface area (Å²) in [6, 6.07) is -0.469. The molecule has 0 spiro atoms. The number of rotatable bonds is 2. The number of carbonyl (C=O) groups excluding carboxylic acids is 2. The van der Waals surface area contributed by atoms with Crippen molar-refractivity contribution in [2.24, 2.45) is 5.92 Å². The Kier molecular flexibility index (Phi) is 4.56. The van der Waals surface area contributed by atoms with Gasteiger partial charge in [0.05, 0.1) is 25.2 Å². The van der Waals surface area contributed by atoms with Gasteiger partial charge in [-0.1, -0.05) is 0 Å². The van der Waals surface area contributed by atoms with Crippen LogP contribution >= 0.6 is 0 Å². The number of methoxy groups -OCH3 is 1. The predicted octanol–water partition coefficient (Wildman–Crippen LogP) is 0.824. The van der Waals surface area contributed by atoms with Crippen molar-refractivity contribution in [1.82, 2.24) is 5.32 Å². The lowest BCUT2D eigenvalue weighted by atomic mass is 10.1. The third kappa shape index (κ3) is 4.18. The summed E-state index contributed by atoms with van der Waals surface area (Å²) < 4.78 is 9.72. The summed E-state index contributed by atoms with van der Waals surface area (Å²) in [5, 5.41) is 12.3. The SMILES string of the molecule is COC(=O)[C@@H]1C[C@@H](O)[C@@H](NC(=O)OC(C)(C)C)C1. The molecule has 1 aliphatic rings. The molecule has 1 rings (SSSR count). The molecule has 0 aliphatic heterocycles. The molecule has 1 saturated carbocycles. The monoisotopic (exact) mass is 259 g/mol. The van der Waals surface area contributed by atoms with E-state index in [-0.39, 0.29) is 11.9 Å². The molecular formula is C12H21NO5. The van der Waals surface area contributed by atoms with E-state index in [1.165, 1.54) is 7.11 Å². The van der Waals surface area contributed by atoms with Gasteiger partial charge in [0.15, 0.2) is 0 Å². The Morgan fingerprint density at radius 2 is 1.89 bits per heavy atom. The average Bonchev–Trinajstić information content (AvgIpc) is 2.56. The molecule has 1 aliphatic carbocycles. The van der Waals surface area contributed by atoms with Gasteiger partial charge in [0.25, 0.3) is 0 Å². The number of aliphatic hydroxyl groups is 1. The fourth-order valence-corrected chi connectivity index (χ4v) is 1.99. The summed E-state index contributed by atoms with van der Waals surface area (Å²) in [6.07, 6.45) is -0.668. The van der Waals surface area contributed by atoms with E-state index in [1.54, 1.807) is 20.8 Å². The molecule has 0 aromatic rings. The van der Waals surface area contributed by atoms with Crippen LogP contribution in [0.15, 0.2) is 0 Å². The van der Waals surface area contributed by atoms with Crippen LogP contribution in [0.4, 0.5) is 4.79 Å². The van der Waals surface area contributed by atoms with Crippen LogP contribution in [0.5, 0.6) is 0 Å². The average molecular weight is 259 g/mol. The molecule has 0 aromatic carbocycles. The van der Waals surface area contributed by atoms with Gasteiger partial charge in [-0.3, -0.25) is 4.79 Å². The predicted molar refractivity (Wildman–Crippen MR) is 63.9 cm³/mol. The van der Waals surface area contributed by atoms with Crippen molar-refractivity contribution in [3.8, 4) is 0 Å². The number of carbonyl (C=O) groups is 2. The van der Waals surface area contributed by atoms with Crippen molar-refractivity contribution >= 4 is 12.1 Å². The van der Waals surface area contributed by atoms with Gasteiger partial charge in [0, 0.05) is 0 Å². The van der Waals surface area contributed by atoms with Crippen LogP contribution in [0.2, 0.25) is 0 Å². The van der Waals surface area contributed by atoms with Crippen molar-refractivity contribution in [2.75, 3.05) is 7.11 Å². The van der Waals surface area contributed by atoms with Crippen LogP contribution in [0, 0.1) is 5.92 Å². The number of hydrogen-bond acceptors (Lipinski definition) is 5. The molecule has 104 valence electrons. The van der Waals surface area contributed by atoms with Gasteiger partial charge in [0.2, 0.25) is 0 Å². The highest BCUT2D eigenvalue weighted by Gasteiger charge is 2.38. The van der Waals surface area contributed by atoms with Gasteiger partial charge in [-0.2, -0.15) is 0 Å². The molecule has 6 nitrogen and oxygen atoms in total. The van der Waals surface area contributed by atoms with Gasteiger partial charge in [-0.05, 0) is 33.6 Å². The topological polar surface area (TPSA) is 84.9 Å². The first kappa shape index (κ1) is 14.8. The Labute approximate surface area is 107 Å². The molecule has 0 bridgehead atoms. The number of aliphatic hydroxyl groups excluding tert-OH is 1. The van der Waals surface area contributed by atoms with Gasteiger partial charge >= 0.3 is 12.1 Å². The quantitative estimate of drug-likeness (QED) is 0.717. The Hall–Kier alpha value is -1.30. The Morgan fingerprint density at radius 1 is 1.28 bits per heavy atom. The van der Waals surface area contributed by atoms with Crippen LogP contribution in [-0.2, 0) is 14.3 Å². The van der Waals surface area contributed by atoms with Gasteiger partial charge < -0.3 is 19.9 Å². The number of nitrogens with one attached hydrogen (secondary N) is 1. The van der Waals surface area contributed by atoms with E-state index in [9.17, 15) is 14.7 Å². The number of alkyl carbamates (subject to hydrolysis) is 1. The molecule has 0 aromatic heterocycles. The van der Waals surface area contributed by atoms with Crippen LogP contribution < -0.4 is 5.32 Å². The second-order valence-corrected chi connectivity index (χ2v) is 5.51. The maximum atomic E-state index is 11.5. The lowest BCUT2D eigenvalue weighted by molar-refractivity contribution is -0.145. The van der Waals surface area contributed by atoms with Crippen molar-refractivity contribution in [3.63, 3.8) is 0 Å². The number of esters is 1. The summed E-state index contributed by atoms with van der Waals surface area (Å²) in [6.45, 7) is 5.28. The van der Waals surface area contributed by atoms with E-state index in [2.05, 4.69) is 10.1 Å². The van der Waals surface area contributed by atoms with E-state index >= 15 is 0 Å². The zero-order chi connectivity index (χ0) is 13.9. The summed E-state index contributed by atoms with van der Waals surface area (Å²) in [4.78, 5) is 22.9. The molecule has 1 amide bonds. The van der Waals surface area contributed by atoms with Crippen LogP contribution in [-0.4, -0.2) is 42.0 Å². The van der Waals surface area contributed by atoms with Crippen molar-refractivity contribution < 1.29 is 24.2 Å². The standard InChI is InChI=1S/C12H21NO5/c1-12(2,3)18-11(16)13-8-5-7(6-9(8)14)10(15)17-4/h7-9,14H,5-6H2,1-4H3,(H,13,16)/t7-,8-,9+/m0/s1. The second-order valence-electron chi connectivity index (χ2n) is 5.51. The first-order valence-electron chi connectivity index (χ1n) is 5.98. The summed E-state index contributed by atoms with van der Waals surface area (Å²) in [5.41, 5.74) is -0.588. The maximum absolute atomic E-state index is 11.5. The van der Waals surface area contributed by atoms with Crippen LogP contribution in [0.3, 0.4) is 0 Å². The third-order valence-corrected chi connectivity index (χ3v) is 2.77. The molecule has 18 heavy (non-hydrogen) atoms. The van der Waals surface area contributed by atoms with Crippen molar-refractivity contribution in [2.45, 2.75) is 51.4 Å². The lowest BCUT2D eigenvalue weighted by Crippen LogP contribution is -2.42. The van der Waals surface area contributed by atoms with Gasteiger partial charge in [-0.25, -0.2) is 4.79 Å². The molecule has 0 saturated heterocycles. The number of amides is 1.